The number of hydrogen-bond acceptors (Lipinski definition) is 2. The third-order valence-corrected chi connectivity index (χ3v) is 4.16. The van der Waals surface area contributed by atoms with Crippen molar-refractivity contribution in [3.63, 3.8) is 0 Å². The summed E-state index contributed by atoms with van der Waals surface area (Å²) in [6.45, 7) is 1.72. The van der Waals surface area contributed by atoms with Crippen molar-refractivity contribution in [1.82, 2.24) is 10.2 Å². The number of nitrogens with zero attached hydrogens (tertiary/aromatic N) is 1. The van der Waals surface area contributed by atoms with E-state index in [1.54, 1.807) is 0 Å². The van der Waals surface area contributed by atoms with Crippen molar-refractivity contribution >= 4 is 5.91 Å². The maximum Gasteiger partial charge on any atom is 0.254 e. The molecule has 3 heteroatoms. The summed E-state index contributed by atoms with van der Waals surface area (Å²) >= 11 is 0. The molecule has 1 aromatic carbocycles. The zero-order valence-electron chi connectivity index (χ0n) is 10.9. The molecule has 1 aromatic rings. The highest BCUT2D eigenvalue weighted by Crippen LogP contribution is 2.33. The molecule has 1 aliphatic carbocycles. The topological polar surface area (TPSA) is 32.3 Å². The quantitative estimate of drug-likeness (QED) is 0.874. The van der Waals surface area contributed by atoms with Crippen LogP contribution >= 0.6 is 0 Å². The third-order valence-electron chi connectivity index (χ3n) is 4.16. The molecule has 1 unspecified atom stereocenters. The van der Waals surface area contributed by atoms with Crippen molar-refractivity contribution in [3.8, 4) is 0 Å². The zero-order valence-corrected chi connectivity index (χ0v) is 10.9. The number of benzene rings is 1. The summed E-state index contributed by atoms with van der Waals surface area (Å²) < 4.78 is 0. The van der Waals surface area contributed by atoms with E-state index in [0.29, 0.717) is 6.04 Å². The Labute approximate surface area is 108 Å². The third kappa shape index (κ3) is 2.15. The van der Waals surface area contributed by atoms with Crippen molar-refractivity contribution in [2.24, 2.45) is 5.92 Å². The van der Waals surface area contributed by atoms with Gasteiger partial charge in [0, 0.05) is 24.7 Å². The molecule has 1 saturated carbocycles. The van der Waals surface area contributed by atoms with Crippen molar-refractivity contribution in [2.75, 3.05) is 20.1 Å². The van der Waals surface area contributed by atoms with E-state index in [1.807, 2.05) is 30.1 Å². The van der Waals surface area contributed by atoms with Crippen LogP contribution in [-0.2, 0) is 6.42 Å². The molecule has 1 aliphatic heterocycles. The highest BCUT2D eigenvalue weighted by atomic mass is 16.2. The second-order valence-electron chi connectivity index (χ2n) is 5.39. The van der Waals surface area contributed by atoms with Gasteiger partial charge in [0.2, 0.25) is 0 Å². The van der Waals surface area contributed by atoms with E-state index < -0.39 is 0 Å². The number of fused-ring (bicyclic) bond motifs is 1. The zero-order chi connectivity index (χ0) is 12.5. The minimum absolute atomic E-state index is 0.206. The molecule has 18 heavy (non-hydrogen) atoms. The van der Waals surface area contributed by atoms with Crippen LogP contribution in [0.5, 0.6) is 0 Å². The van der Waals surface area contributed by atoms with Gasteiger partial charge in [-0.05, 0) is 43.9 Å². The van der Waals surface area contributed by atoms with Gasteiger partial charge in [0.1, 0.15) is 0 Å². The molecule has 0 saturated heterocycles. The molecule has 0 bridgehead atoms. The first kappa shape index (κ1) is 11.7. The molecular weight excluding hydrogens is 224 g/mol. The highest BCUT2D eigenvalue weighted by Gasteiger charge is 2.33. The molecule has 1 amide bonds. The summed E-state index contributed by atoms with van der Waals surface area (Å²) in [7, 11) is 2.01. The van der Waals surface area contributed by atoms with Gasteiger partial charge >= 0.3 is 0 Å². The van der Waals surface area contributed by atoms with Crippen LogP contribution in [0.25, 0.3) is 0 Å². The lowest BCUT2D eigenvalue weighted by Gasteiger charge is -2.31. The lowest BCUT2D eigenvalue weighted by atomic mass is 9.98. The fraction of sp³-hybridized carbons (Fsp3) is 0.533. The largest absolute Gasteiger partial charge is 0.337 e. The Hall–Kier alpha value is -1.35. The summed E-state index contributed by atoms with van der Waals surface area (Å²) in [4.78, 5) is 14.4. The van der Waals surface area contributed by atoms with Crippen LogP contribution in [0.1, 0.15) is 28.8 Å². The number of carbonyl (C=O) groups is 1. The van der Waals surface area contributed by atoms with Crippen LogP contribution in [0.2, 0.25) is 0 Å². The molecule has 1 atom stereocenters. The van der Waals surface area contributed by atoms with Crippen LogP contribution in [0.15, 0.2) is 24.3 Å². The van der Waals surface area contributed by atoms with E-state index >= 15 is 0 Å². The van der Waals surface area contributed by atoms with E-state index in [9.17, 15) is 4.79 Å². The fourth-order valence-corrected chi connectivity index (χ4v) is 2.86. The normalized spacial score (nSPS) is 20.7. The number of nitrogens with one attached hydrogen (secondary N) is 1. The Morgan fingerprint density at radius 3 is 2.89 bits per heavy atom. The first-order chi connectivity index (χ1) is 8.79. The van der Waals surface area contributed by atoms with Crippen LogP contribution in [-0.4, -0.2) is 37.0 Å². The molecule has 3 nitrogen and oxygen atoms in total. The molecular formula is C15H20N2O. The molecule has 96 valence electrons. The Balaban J connectivity index is 1.73. The first-order valence-corrected chi connectivity index (χ1v) is 6.84. The Morgan fingerprint density at radius 2 is 2.17 bits per heavy atom. The minimum Gasteiger partial charge on any atom is -0.337 e. The second kappa shape index (κ2) is 4.73. The van der Waals surface area contributed by atoms with Gasteiger partial charge in [0.25, 0.3) is 5.91 Å². The molecule has 2 aliphatic rings. The van der Waals surface area contributed by atoms with E-state index in [2.05, 4.69) is 11.4 Å². The Kier molecular flexibility index (Phi) is 3.08. The average molecular weight is 244 g/mol. The number of likely N-dealkylation sites (N-methyl/N-ethyl adjacent to an activating group) is 1. The van der Waals surface area contributed by atoms with Gasteiger partial charge in [-0.15, -0.1) is 0 Å². The number of carbonyl (C=O) groups excluding carboxylic acids is 1. The maximum absolute atomic E-state index is 12.4. The van der Waals surface area contributed by atoms with Crippen LogP contribution in [0.3, 0.4) is 0 Å². The number of rotatable bonds is 4. The van der Waals surface area contributed by atoms with Crippen molar-refractivity contribution in [3.05, 3.63) is 35.4 Å². The van der Waals surface area contributed by atoms with Crippen molar-refractivity contribution < 1.29 is 4.79 Å². The molecule has 1 fully saturated rings. The minimum atomic E-state index is 0.206. The van der Waals surface area contributed by atoms with E-state index in [4.69, 9.17) is 0 Å². The van der Waals surface area contributed by atoms with E-state index in [0.717, 1.165) is 31.0 Å². The summed E-state index contributed by atoms with van der Waals surface area (Å²) in [5.41, 5.74) is 2.10. The van der Waals surface area contributed by atoms with Gasteiger partial charge in [-0.3, -0.25) is 4.79 Å². The molecule has 0 aromatic heterocycles. The van der Waals surface area contributed by atoms with Gasteiger partial charge in [-0.2, -0.15) is 0 Å². The predicted molar refractivity (Wildman–Crippen MR) is 71.6 cm³/mol. The van der Waals surface area contributed by atoms with Crippen LogP contribution in [0.4, 0.5) is 0 Å². The summed E-state index contributed by atoms with van der Waals surface area (Å²) in [5, 5.41) is 3.36. The lowest BCUT2D eigenvalue weighted by Crippen LogP contribution is -2.46. The fourth-order valence-electron chi connectivity index (χ4n) is 2.86. The Morgan fingerprint density at radius 1 is 1.39 bits per heavy atom. The molecule has 1 heterocycles. The molecule has 0 radical (unpaired) electrons. The van der Waals surface area contributed by atoms with Gasteiger partial charge in [0.05, 0.1) is 0 Å². The molecule has 1 N–H and O–H groups in total. The summed E-state index contributed by atoms with van der Waals surface area (Å²) in [5.74, 6) is 0.984. The summed E-state index contributed by atoms with van der Waals surface area (Å²) in [6, 6.07) is 8.47. The molecule has 3 rings (SSSR count). The monoisotopic (exact) mass is 244 g/mol. The number of amides is 1. The molecule has 0 spiro atoms. The standard InChI is InChI=1S/C15H20N2O/c1-16-14(12-6-7-12)10-17-9-8-11-4-2-3-5-13(11)15(17)18/h2-5,12,14,16H,6-10H2,1H3. The maximum atomic E-state index is 12.4. The van der Waals surface area contributed by atoms with E-state index in [1.165, 1.54) is 18.4 Å². The average Bonchev–Trinajstić information content (AvgIpc) is 3.23. The van der Waals surface area contributed by atoms with Gasteiger partial charge in [-0.1, -0.05) is 18.2 Å². The second-order valence-corrected chi connectivity index (χ2v) is 5.39. The Bertz CT molecular complexity index is 454. The highest BCUT2D eigenvalue weighted by molar-refractivity contribution is 5.96. The van der Waals surface area contributed by atoms with Crippen LogP contribution in [0, 0.1) is 5.92 Å². The summed E-state index contributed by atoms with van der Waals surface area (Å²) in [6.07, 6.45) is 3.61. The smallest absolute Gasteiger partial charge is 0.254 e. The van der Waals surface area contributed by atoms with Gasteiger partial charge in [0.15, 0.2) is 0 Å². The first-order valence-electron chi connectivity index (χ1n) is 6.84. The number of hydrogen-bond donors (Lipinski definition) is 1. The predicted octanol–water partition coefficient (Wildman–Crippen LogP) is 1.68. The van der Waals surface area contributed by atoms with Crippen molar-refractivity contribution in [2.45, 2.75) is 25.3 Å². The van der Waals surface area contributed by atoms with E-state index in [-0.39, 0.29) is 5.91 Å². The van der Waals surface area contributed by atoms with Gasteiger partial charge in [-0.25, -0.2) is 0 Å². The van der Waals surface area contributed by atoms with Crippen molar-refractivity contribution in [1.29, 1.82) is 0 Å². The van der Waals surface area contributed by atoms with Crippen LogP contribution < -0.4 is 5.32 Å². The SMILES string of the molecule is CNC(CN1CCc2ccccc2C1=O)C1CC1. The lowest BCUT2D eigenvalue weighted by molar-refractivity contribution is 0.0719. The van der Waals surface area contributed by atoms with Gasteiger partial charge < -0.3 is 10.2 Å².